The van der Waals surface area contributed by atoms with Crippen LogP contribution in [0.15, 0.2) is 30.3 Å². The summed E-state index contributed by atoms with van der Waals surface area (Å²) < 4.78 is 5.33. The van der Waals surface area contributed by atoms with Crippen molar-refractivity contribution < 1.29 is 24.2 Å². The van der Waals surface area contributed by atoms with Crippen LogP contribution >= 0.6 is 0 Å². The summed E-state index contributed by atoms with van der Waals surface area (Å²) in [6.07, 6.45) is 0.708. The first-order chi connectivity index (χ1) is 12.5. The van der Waals surface area contributed by atoms with Crippen molar-refractivity contribution in [2.24, 2.45) is 0 Å². The fourth-order valence-electron chi connectivity index (χ4n) is 3.50. The van der Waals surface area contributed by atoms with Gasteiger partial charge in [0.1, 0.15) is 12.6 Å². The molecule has 3 amide bonds. The van der Waals surface area contributed by atoms with Crippen molar-refractivity contribution in [3.05, 3.63) is 35.9 Å². The zero-order valence-corrected chi connectivity index (χ0v) is 14.7. The molecule has 2 aliphatic rings. The lowest BCUT2D eigenvalue weighted by Gasteiger charge is -2.37. The molecule has 0 saturated carbocycles. The van der Waals surface area contributed by atoms with Crippen LogP contribution in [0.25, 0.3) is 0 Å². The average molecular weight is 361 g/mol. The fourth-order valence-corrected chi connectivity index (χ4v) is 3.50. The van der Waals surface area contributed by atoms with Crippen molar-refractivity contribution in [1.82, 2.24) is 14.7 Å². The van der Waals surface area contributed by atoms with E-state index in [0.29, 0.717) is 25.9 Å². The highest BCUT2D eigenvalue weighted by molar-refractivity contribution is 5.86. The number of likely N-dealkylation sites (N-methyl/N-ethyl adjacent to an activating group) is 1. The Morgan fingerprint density at radius 3 is 2.46 bits per heavy atom. The molecule has 0 radical (unpaired) electrons. The topological polar surface area (TPSA) is 90.4 Å². The molecule has 0 bridgehead atoms. The van der Waals surface area contributed by atoms with Gasteiger partial charge in [-0.2, -0.15) is 0 Å². The molecule has 0 aliphatic carbocycles. The molecule has 8 heteroatoms. The van der Waals surface area contributed by atoms with Crippen molar-refractivity contribution in [3.8, 4) is 0 Å². The Labute approximate surface area is 151 Å². The molecule has 0 unspecified atom stereocenters. The lowest BCUT2D eigenvalue weighted by molar-refractivity contribution is -0.142. The van der Waals surface area contributed by atoms with Gasteiger partial charge in [0.15, 0.2) is 0 Å². The van der Waals surface area contributed by atoms with Crippen LogP contribution in [0.4, 0.5) is 9.59 Å². The molecule has 0 spiro atoms. The minimum atomic E-state index is -0.993. The van der Waals surface area contributed by atoms with Crippen LogP contribution in [-0.2, 0) is 16.1 Å². The first-order valence-corrected chi connectivity index (χ1v) is 8.69. The highest BCUT2D eigenvalue weighted by Gasteiger charge is 2.44. The molecular weight excluding hydrogens is 338 g/mol. The summed E-state index contributed by atoms with van der Waals surface area (Å²) in [5.74, 6) is -0.993. The molecule has 1 aromatic rings. The molecule has 8 nitrogen and oxygen atoms in total. The number of carboxylic acids is 1. The summed E-state index contributed by atoms with van der Waals surface area (Å²) in [4.78, 5) is 40.4. The predicted octanol–water partition coefficient (Wildman–Crippen LogP) is 1.61. The predicted molar refractivity (Wildman–Crippen MR) is 92.5 cm³/mol. The zero-order valence-electron chi connectivity index (χ0n) is 14.7. The van der Waals surface area contributed by atoms with Gasteiger partial charge in [-0.3, -0.25) is 0 Å². The third kappa shape index (κ3) is 3.74. The van der Waals surface area contributed by atoms with E-state index in [2.05, 4.69) is 0 Å². The van der Waals surface area contributed by atoms with E-state index in [1.54, 1.807) is 11.9 Å². The van der Waals surface area contributed by atoms with Gasteiger partial charge in [0.25, 0.3) is 0 Å². The van der Waals surface area contributed by atoms with Gasteiger partial charge in [-0.25, -0.2) is 14.4 Å². The van der Waals surface area contributed by atoms with Crippen LogP contribution in [0.3, 0.4) is 0 Å². The number of benzene rings is 1. The Morgan fingerprint density at radius 2 is 1.85 bits per heavy atom. The Morgan fingerprint density at radius 1 is 1.19 bits per heavy atom. The van der Waals surface area contributed by atoms with Crippen LogP contribution < -0.4 is 0 Å². The minimum Gasteiger partial charge on any atom is -0.480 e. The number of piperidine rings is 1. The molecular formula is C18H23N3O5. The van der Waals surface area contributed by atoms with Gasteiger partial charge in [0.05, 0.1) is 6.54 Å². The smallest absolute Gasteiger partial charge is 0.410 e. The van der Waals surface area contributed by atoms with Gasteiger partial charge >= 0.3 is 18.1 Å². The second-order valence-corrected chi connectivity index (χ2v) is 6.68. The molecule has 140 valence electrons. The fraction of sp³-hybridized carbons (Fsp3) is 0.500. The van der Waals surface area contributed by atoms with Gasteiger partial charge in [-0.15, -0.1) is 0 Å². The summed E-state index contributed by atoms with van der Waals surface area (Å²) in [5, 5.41) is 9.36. The van der Waals surface area contributed by atoms with Crippen LogP contribution in [0.5, 0.6) is 0 Å². The van der Waals surface area contributed by atoms with Crippen molar-refractivity contribution in [3.63, 3.8) is 0 Å². The molecule has 1 atom stereocenters. The number of hydrogen-bond acceptors (Lipinski definition) is 4. The van der Waals surface area contributed by atoms with E-state index in [-0.39, 0.29) is 31.3 Å². The third-order valence-corrected chi connectivity index (χ3v) is 4.94. The molecule has 1 N–H and O–H groups in total. The maximum absolute atomic E-state index is 12.3. The van der Waals surface area contributed by atoms with Crippen molar-refractivity contribution in [2.75, 3.05) is 26.7 Å². The number of carboxylic acid groups (broad SMARTS) is 1. The first-order valence-electron chi connectivity index (χ1n) is 8.69. The normalized spacial score (nSPS) is 21.2. The van der Waals surface area contributed by atoms with Gasteiger partial charge < -0.3 is 24.5 Å². The summed E-state index contributed by atoms with van der Waals surface area (Å²) in [7, 11) is 1.61. The zero-order chi connectivity index (χ0) is 18.7. The molecule has 26 heavy (non-hydrogen) atoms. The van der Waals surface area contributed by atoms with E-state index in [1.807, 2.05) is 30.3 Å². The molecule has 3 rings (SSSR count). The number of carbonyl (C=O) groups excluding carboxylic acids is 2. The second kappa shape index (κ2) is 7.63. The monoisotopic (exact) mass is 361 g/mol. The average Bonchev–Trinajstić information content (AvgIpc) is 2.96. The second-order valence-electron chi connectivity index (χ2n) is 6.68. The SMILES string of the molecule is CN1C[C@H](C(=O)O)N(C2CCN(C(=O)OCc3ccccc3)CC2)C1=O. The lowest BCUT2D eigenvalue weighted by atomic mass is 10.0. The highest BCUT2D eigenvalue weighted by atomic mass is 16.6. The number of hydrogen-bond donors (Lipinski definition) is 1. The van der Waals surface area contributed by atoms with Crippen molar-refractivity contribution in [2.45, 2.75) is 31.5 Å². The van der Waals surface area contributed by atoms with Crippen LogP contribution in [0.2, 0.25) is 0 Å². The van der Waals surface area contributed by atoms with Crippen LogP contribution in [0.1, 0.15) is 18.4 Å². The van der Waals surface area contributed by atoms with E-state index in [1.165, 1.54) is 9.80 Å². The molecule has 2 heterocycles. The number of ether oxygens (including phenoxy) is 1. The number of amides is 3. The van der Waals surface area contributed by atoms with E-state index < -0.39 is 12.0 Å². The maximum atomic E-state index is 12.3. The number of carbonyl (C=O) groups is 3. The van der Waals surface area contributed by atoms with Gasteiger partial charge in [0, 0.05) is 26.2 Å². The lowest BCUT2D eigenvalue weighted by Crippen LogP contribution is -2.52. The Kier molecular flexibility index (Phi) is 5.29. The van der Waals surface area contributed by atoms with E-state index in [0.717, 1.165) is 5.56 Å². The quantitative estimate of drug-likeness (QED) is 0.880. The number of likely N-dealkylation sites (tertiary alicyclic amines) is 1. The Hall–Kier alpha value is -2.77. The van der Waals surface area contributed by atoms with Gasteiger partial charge in [-0.05, 0) is 18.4 Å². The maximum Gasteiger partial charge on any atom is 0.410 e. The highest BCUT2D eigenvalue weighted by Crippen LogP contribution is 2.25. The third-order valence-electron chi connectivity index (χ3n) is 4.94. The Balaban J connectivity index is 1.53. The van der Waals surface area contributed by atoms with Gasteiger partial charge in [0.2, 0.25) is 0 Å². The van der Waals surface area contributed by atoms with Crippen LogP contribution in [0, 0.1) is 0 Å². The number of rotatable bonds is 4. The summed E-state index contributed by atoms with van der Waals surface area (Å²) in [5.41, 5.74) is 0.922. The van der Waals surface area contributed by atoms with E-state index >= 15 is 0 Å². The first kappa shape index (κ1) is 18.0. The molecule has 2 fully saturated rings. The van der Waals surface area contributed by atoms with Gasteiger partial charge in [-0.1, -0.05) is 30.3 Å². The summed E-state index contributed by atoms with van der Waals surface area (Å²) in [6.45, 7) is 1.29. The molecule has 2 aliphatic heterocycles. The molecule has 1 aromatic carbocycles. The molecule has 2 saturated heterocycles. The number of urea groups is 1. The van der Waals surface area contributed by atoms with E-state index in [9.17, 15) is 19.5 Å². The standard InChI is InChI=1S/C18H23N3O5/c1-19-11-15(16(22)23)21(17(19)24)14-7-9-20(10-8-14)18(25)26-12-13-5-3-2-4-6-13/h2-6,14-15H,7-12H2,1H3,(H,22,23)/t15-/m1/s1. The summed E-state index contributed by atoms with van der Waals surface area (Å²) in [6, 6.07) is 8.19. The van der Waals surface area contributed by atoms with E-state index in [4.69, 9.17) is 4.74 Å². The van der Waals surface area contributed by atoms with Crippen LogP contribution in [-0.4, -0.2) is 76.7 Å². The molecule has 0 aromatic heterocycles. The van der Waals surface area contributed by atoms with Crippen molar-refractivity contribution in [1.29, 1.82) is 0 Å². The Bertz CT molecular complexity index is 673. The largest absolute Gasteiger partial charge is 0.480 e. The number of nitrogens with zero attached hydrogens (tertiary/aromatic N) is 3. The minimum absolute atomic E-state index is 0.174. The summed E-state index contributed by atoms with van der Waals surface area (Å²) >= 11 is 0. The number of aliphatic carboxylic acids is 1. The van der Waals surface area contributed by atoms with Crippen molar-refractivity contribution >= 4 is 18.1 Å².